The number of amides is 1. The van der Waals surface area contributed by atoms with Crippen molar-refractivity contribution in [2.45, 2.75) is 31.6 Å². The third kappa shape index (κ3) is 2.99. The second-order valence-corrected chi connectivity index (χ2v) is 6.66. The molecule has 2 aromatic heterocycles. The van der Waals surface area contributed by atoms with Crippen LogP contribution >= 0.6 is 0 Å². The molecule has 0 bridgehead atoms. The topological polar surface area (TPSA) is 90.4 Å². The normalized spacial score (nSPS) is 16.7. The molecule has 1 amide bonds. The second-order valence-electron chi connectivity index (χ2n) is 6.66. The number of nitrogens with zero attached hydrogens (tertiary/aromatic N) is 2. The Morgan fingerprint density at radius 1 is 1.19 bits per heavy atom. The van der Waals surface area contributed by atoms with E-state index in [0.717, 1.165) is 22.4 Å². The standard InChI is InChI=1S/C19H21N3O4/c1-13-12-17(26-21-13)19(7-10-24-11-8-19)18(23)20-9-6-15-14-4-2-3-5-16(14)25-22-15/h2-5,12H,6-11H2,1H3,(H,20,23). The Balaban J connectivity index is 1.47. The van der Waals surface area contributed by atoms with Crippen molar-refractivity contribution in [2.24, 2.45) is 0 Å². The number of rotatable bonds is 5. The van der Waals surface area contributed by atoms with Crippen LogP contribution in [0.3, 0.4) is 0 Å². The summed E-state index contributed by atoms with van der Waals surface area (Å²) in [7, 11) is 0. The van der Waals surface area contributed by atoms with Crippen molar-refractivity contribution < 1.29 is 18.6 Å². The summed E-state index contributed by atoms with van der Waals surface area (Å²) >= 11 is 0. The summed E-state index contributed by atoms with van der Waals surface area (Å²) in [5, 5.41) is 12.1. The first kappa shape index (κ1) is 16.8. The lowest BCUT2D eigenvalue weighted by Crippen LogP contribution is -2.48. The van der Waals surface area contributed by atoms with E-state index >= 15 is 0 Å². The molecule has 0 spiro atoms. The first-order valence-corrected chi connectivity index (χ1v) is 8.82. The predicted octanol–water partition coefficient (Wildman–Crippen LogP) is 2.53. The van der Waals surface area contributed by atoms with Crippen LogP contribution in [-0.4, -0.2) is 36.0 Å². The molecular formula is C19H21N3O4. The quantitative estimate of drug-likeness (QED) is 0.756. The SMILES string of the molecule is Cc1cc(C2(C(=O)NCCc3noc4ccccc34)CCOCC2)on1. The van der Waals surface area contributed by atoms with Gasteiger partial charge in [0.2, 0.25) is 5.91 Å². The average Bonchev–Trinajstić information content (AvgIpc) is 3.29. The molecule has 3 heterocycles. The molecule has 1 fully saturated rings. The minimum Gasteiger partial charge on any atom is -0.381 e. The molecule has 1 aliphatic heterocycles. The fourth-order valence-corrected chi connectivity index (χ4v) is 3.48. The number of ether oxygens (including phenoxy) is 1. The van der Waals surface area contributed by atoms with Crippen LogP contribution in [0.15, 0.2) is 39.4 Å². The lowest BCUT2D eigenvalue weighted by atomic mass is 9.77. The average molecular weight is 355 g/mol. The van der Waals surface area contributed by atoms with Gasteiger partial charge in [-0.25, -0.2) is 0 Å². The lowest BCUT2D eigenvalue weighted by molar-refractivity contribution is -0.131. The van der Waals surface area contributed by atoms with Gasteiger partial charge in [-0.2, -0.15) is 0 Å². The number of aryl methyl sites for hydroxylation is 1. The van der Waals surface area contributed by atoms with Crippen LogP contribution in [0.4, 0.5) is 0 Å². The monoisotopic (exact) mass is 355 g/mol. The molecule has 4 rings (SSSR count). The maximum atomic E-state index is 13.0. The van der Waals surface area contributed by atoms with E-state index in [9.17, 15) is 4.79 Å². The van der Waals surface area contributed by atoms with Crippen LogP contribution in [0.2, 0.25) is 0 Å². The predicted molar refractivity (Wildman–Crippen MR) is 93.7 cm³/mol. The third-order valence-electron chi connectivity index (χ3n) is 4.98. The van der Waals surface area contributed by atoms with E-state index in [1.165, 1.54) is 0 Å². The zero-order valence-electron chi connectivity index (χ0n) is 14.7. The summed E-state index contributed by atoms with van der Waals surface area (Å²) in [5.74, 6) is 0.562. The Kier molecular flexibility index (Phi) is 4.46. The Labute approximate surface area is 150 Å². The van der Waals surface area contributed by atoms with Crippen molar-refractivity contribution in [3.63, 3.8) is 0 Å². The van der Waals surface area contributed by atoms with Gasteiger partial charge in [-0.05, 0) is 31.9 Å². The van der Waals surface area contributed by atoms with E-state index < -0.39 is 5.41 Å². The van der Waals surface area contributed by atoms with Crippen LogP contribution in [-0.2, 0) is 21.4 Å². The summed E-state index contributed by atoms with van der Waals surface area (Å²) in [5.41, 5.74) is 1.66. The van der Waals surface area contributed by atoms with Gasteiger partial charge in [0, 0.05) is 37.6 Å². The van der Waals surface area contributed by atoms with E-state index in [2.05, 4.69) is 15.6 Å². The van der Waals surface area contributed by atoms with E-state index in [-0.39, 0.29) is 5.91 Å². The molecule has 3 aromatic rings. The Morgan fingerprint density at radius 2 is 2.00 bits per heavy atom. The van der Waals surface area contributed by atoms with Crippen LogP contribution < -0.4 is 5.32 Å². The highest BCUT2D eigenvalue weighted by molar-refractivity contribution is 5.87. The molecule has 1 aliphatic rings. The maximum absolute atomic E-state index is 13.0. The molecule has 1 aromatic carbocycles. The van der Waals surface area contributed by atoms with Crippen molar-refractivity contribution >= 4 is 16.9 Å². The molecule has 0 unspecified atom stereocenters. The highest BCUT2D eigenvalue weighted by Crippen LogP contribution is 2.35. The number of hydrogen-bond donors (Lipinski definition) is 1. The van der Waals surface area contributed by atoms with Gasteiger partial charge >= 0.3 is 0 Å². The molecule has 0 aliphatic carbocycles. The van der Waals surface area contributed by atoms with Gasteiger partial charge in [-0.1, -0.05) is 22.4 Å². The zero-order valence-corrected chi connectivity index (χ0v) is 14.7. The number of carbonyl (C=O) groups excluding carboxylic acids is 1. The molecule has 7 heteroatoms. The van der Waals surface area contributed by atoms with E-state index in [4.69, 9.17) is 13.8 Å². The van der Waals surface area contributed by atoms with Crippen LogP contribution in [0.5, 0.6) is 0 Å². The molecular weight excluding hydrogens is 334 g/mol. The molecule has 136 valence electrons. The molecule has 26 heavy (non-hydrogen) atoms. The van der Waals surface area contributed by atoms with E-state index in [1.807, 2.05) is 37.3 Å². The first-order valence-electron chi connectivity index (χ1n) is 8.82. The fraction of sp³-hybridized carbons (Fsp3) is 0.421. The van der Waals surface area contributed by atoms with E-state index in [0.29, 0.717) is 44.8 Å². The van der Waals surface area contributed by atoms with Gasteiger partial charge in [-0.3, -0.25) is 4.79 Å². The molecule has 7 nitrogen and oxygen atoms in total. The number of carbonyl (C=O) groups is 1. The minimum absolute atomic E-state index is 0.0512. The van der Waals surface area contributed by atoms with Gasteiger partial charge in [0.05, 0.1) is 11.4 Å². The Morgan fingerprint density at radius 3 is 2.77 bits per heavy atom. The molecule has 0 saturated carbocycles. The first-order chi connectivity index (χ1) is 12.7. The largest absolute Gasteiger partial charge is 0.381 e. The second kappa shape index (κ2) is 6.92. The molecule has 1 N–H and O–H groups in total. The third-order valence-corrected chi connectivity index (χ3v) is 4.98. The van der Waals surface area contributed by atoms with Crippen LogP contribution in [0, 0.1) is 6.92 Å². The van der Waals surface area contributed by atoms with Gasteiger partial charge in [0.25, 0.3) is 0 Å². The smallest absolute Gasteiger partial charge is 0.234 e. The summed E-state index contributed by atoms with van der Waals surface area (Å²) in [6.45, 7) is 3.39. The van der Waals surface area contributed by atoms with Crippen molar-refractivity contribution in [3.8, 4) is 0 Å². The number of aromatic nitrogens is 2. The van der Waals surface area contributed by atoms with Gasteiger partial charge < -0.3 is 19.1 Å². The van der Waals surface area contributed by atoms with Crippen molar-refractivity contribution in [1.82, 2.24) is 15.6 Å². The highest BCUT2D eigenvalue weighted by atomic mass is 16.5. The number of para-hydroxylation sites is 1. The number of hydrogen-bond acceptors (Lipinski definition) is 6. The molecule has 0 radical (unpaired) electrons. The maximum Gasteiger partial charge on any atom is 0.234 e. The lowest BCUT2D eigenvalue weighted by Gasteiger charge is -2.33. The summed E-state index contributed by atoms with van der Waals surface area (Å²) in [6.07, 6.45) is 1.77. The molecule has 1 saturated heterocycles. The Hall–Kier alpha value is -2.67. The summed E-state index contributed by atoms with van der Waals surface area (Å²) < 4.78 is 16.2. The summed E-state index contributed by atoms with van der Waals surface area (Å²) in [4.78, 5) is 13.0. The molecule has 0 atom stereocenters. The fourth-order valence-electron chi connectivity index (χ4n) is 3.48. The number of fused-ring (bicyclic) bond motifs is 1. The number of benzene rings is 1. The number of nitrogens with one attached hydrogen (secondary N) is 1. The zero-order chi connectivity index (χ0) is 18.0. The Bertz CT molecular complexity index is 908. The van der Waals surface area contributed by atoms with Crippen molar-refractivity contribution in [3.05, 3.63) is 47.5 Å². The highest BCUT2D eigenvalue weighted by Gasteiger charge is 2.44. The minimum atomic E-state index is -0.717. The van der Waals surface area contributed by atoms with Gasteiger partial charge in [0.1, 0.15) is 5.41 Å². The summed E-state index contributed by atoms with van der Waals surface area (Å²) in [6, 6.07) is 9.56. The van der Waals surface area contributed by atoms with Crippen LogP contribution in [0.25, 0.3) is 11.0 Å². The van der Waals surface area contributed by atoms with Crippen molar-refractivity contribution in [2.75, 3.05) is 19.8 Å². The van der Waals surface area contributed by atoms with E-state index in [1.54, 1.807) is 0 Å². The van der Waals surface area contributed by atoms with Crippen molar-refractivity contribution in [1.29, 1.82) is 0 Å². The van der Waals surface area contributed by atoms with Crippen LogP contribution in [0.1, 0.15) is 30.0 Å². The van der Waals surface area contributed by atoms with Gasteiger partial charge in [-0.15, -0.1) is 0 Å². The van der Waals surface area contributed by atoms with Gasteiger partial charge in [0.15, 0.2) is 11.3 Å².